The van der Waals surface area contributed by atoms with Crippen molar-refractivity contribution < 1.29 is 4.74 Å². The van der Waals surface area contributed by atoms with Crippen molar-refractivity contribution in [3.8, 4) is 11.4 Å². The van der Waals surface area contributed by atoms with Gasteiger partial charge < -0.3 is 10.5 Å². The quantitative estimate of drug-likeness (QED) is 0.901. The van der Waals surface area contributed by atoms with Gasteiger partial charge in [0.05, 0.1) is 12.8 Å². The van der Waals surface area contributed by atoms with Crippen LogP contribution in [0.4, 0.5) is 5.82 Å². The highest BCUT2D eigenvalue weighted by Crippen LogP contribution is 2.24. The molecule has 0 aliphatic heterocycles. The Morgan fingerprint density at radius 3 is 2.72 bits per heavy atom. The molecule has 0 saturated carbocycles. The van der Waals surface area contributed by atoms with Gasteiger partial charge in [-0.1, -0.05) is 26.0 Å². The van der Waals surface area contributed by atoms with Gasteiger partial charge in [0.1, 0.15) is 17.3 Å². The van der Waals surface area contributed by atoms with Crippen LogP contribution in [0, 0.1) is 5.92 Å². The summed E-state index contributed by atoms with van der Waals surface area (Å²) in [5.74, 6) is 1.96. The third kappa shape index (κ3) is 2.47. The number of hydrogen-bond acceptors (Lipinski definition) is 3. The van der Waals surface area contributed by atoms with Crippen molar-refractivity contribution >= 4 is 5.82 Å². The number of nitrogens with two attached hydrogens (primary N) is 1. The Labute approximate surface area is 107 Å². The molecule has 0 bridgehead atoms. The number of hydrogen-bond donors (Lipinski definition) is 1. The third-order valence-electron chi connectivity index (χ3n) is 2.72. The minimum absolute atomic E-state index is 0.561. The molecule has 0 fully saturated rings. The molecule has 4 nitrogen and oxygen atoms in total. The number of aromatic nitrogens is 2. The number of ether oxygens (including phenoxy) is 1. The summed E-state index contributed by atoms with van der Waals surface area (Å²) < 4.78 is 7.06. The van der Waals surface area contributed by atoms with Gasteiger partial charge in [-0.05, 0) is 24.5 Å². The average Bonchev–Trinajstić information content (AvgIpc) is 2.69. The number of nitrogens with zero attached hydrogens (tertiary/aromatic N) is 2. The van der Waals surface area contributed by atoms with Crippen LogP contribution in [0.3, 0.4) is 0 Å². The number of nitrogen functional groups attached to an aromatic ring is 1. The second-order valence-corrected chi connectivity index (χ2v) is 4.74. The lowest BCUT2D eigenvalue weighted by Crippen LogP contribution is -2.04. The summed E-state index contributed by atoms with van der Waals surface area (Å²) in [7, 11) is 1.65. The largest absolute Gasteiger partial charge is 0.494 e. The van der Waals surface area contributed by atoms with Crippen molar-refractivity contribution in [2.75, 3.05) is 12.8 Å². The van der Waals surface area contributed by atoms with E-state index in [1.165, 1.54) is 0 Å². The standard InChI is InChI=1S/C14H19N3O/c1-10(2)8-11-9-14(15)17(16-11)12-6-4-5-7-13(12)18-3/h4-7,9-10H,8,15H2,1-3H3. The molecule has 18 heavy (non-hydrogen) atoms. The van der Waals surface area contributed by atoms with Crippen LogP contribution in [0.15, 0.2) is 30.3 Å². The normalized spacial score (nSPS) is 10.9. The van der Waals surface area contributed by atoms with E-state index < -0.39 is 0 Å². The smallest absolute Gasteiger partial charge is 0.144 e. The molecule has 0 spiro atoms. The summed E-state index contributed by atoms with van der Waals surface area (Å²) in [5, 5.41) is 4.54. The van der Waals surface area contributed by atoms with Crippen LogP contribution in [0.5, 0.6) is 5.75 Å². The Hall–Kier alpha value is -1.97. The minimum Gasteiger partial charge on any atom is -0.494 e. The molecular weight excluding hydrogens is 226 g/mol. The van der Waals surface area contributed by atoms with Gasteiger partial charge in [0.2, 0.25) is 0 Å². The lowest BCUT2D eigenvalue weighted by atomic mass is 10.1. The van der Waals surface area contributed by atoms with Gasteiger partial charge in [-0.3, -0.25) is 0 Å². The molecule has 0 aliphatic rings. The first-order chi connectivity index (χ1) is 8.61. The first kappa shape index (κ1) is 12.5. The highest BCUT2D eigenvalue weighted by molar-refractivity contribution is 5.51. The summed E-state index contributed by atoms with van der Waals surface area (Å²) in [6.45, 7) is 4.33. The van der Waals surface area contributed by atoms with Crippen molar-refractivity contribution in [3.63, 3.8) is 0 Å². The van der Waals surface area contributed by atoms with Gasteiger partial charge in [-0.15, -0.1) is 0 Å². The van der Waals surface area contributed by atoms with Gasteiger partial charge in [0.15, 0.2) is 0 Å². The van der Waals surface area contributed by atoms with Gasteiger partial charge in [-0.2, -0.15) is 5.10 Å². The molecular formula is C14H19N3O. The lowest BCUT2D eigenvalue weighted by molar-refractivity contribution is 0.412. The molecule has 0 aliphatic carbocycles. The zero-order valence-electron chi connectivity index (χ0n) is 11.1. The first-order valence-electron chi connectivity index (χ1n) is 6.09. The fraction of sp³-hybridized carbons (Fsp3) is 0.357. The van der Waals surface area contributed by atoms with Crippen LogP contribution in [-0.2, 0) is 6.42 Å². The van der Waals surface area contributed by atoms with Crippen molar-refractivity contribution in [3.05, 3.63) is 36.0 Å². The van der Waals surface area contributed by atoms with Crippen molar-refractivity contribution in [2.45, 2.75) is 20.3 Å². The van der Waals surface area contributed by atoms with Crippen LogP contribution < -0.4 is 10.5 Å². The Morgan fingerprint density at radius 2 is 2.06 bits per heavy atom. The van der Waals surface area contributed by atoms with E-state index in [1.807, 2.05) is 30.3 Å². The van der Waals surface area contributed by atoms with Gasteiger partial charge in [-0.25, -0.2) is 4.68 Å². The molecule has 96 valence electrons. The van der Waals surface area contributed by atoms with E-state index >= 15 is 0 Å². The second-order valence-electron chi connectivity index (χ2n) is 4.74. The Balaban J connectivity index is 2.41. The molecule has 2 N–H and O–H groups in total. The highest BCUT2D eigenvalue weighted by Gasteiger charge is 2.11. The molecule has 0 amide bonds. The van der Waals surface area contributed by atoms with E-state index in [0.29, 0.717) is 11.7 Å². The predicted molar refractivity (Wildman–Crippen MR) is 73.1 cm³/mol. The number of rotatable bonds is 4. The third-order valence-corrected chi connectivity index (χ3v) is 2.72. The fourth-order valence-electron chi connectivity index (χ4n) is 1.96. The van der Waals surface area contributed by atoms with E-state index in [2.05, 4.69) is 18.9 Å². The topological polar surface area (TPSA) is 53.1 Å². The highest BCUT2D eigenvalue weighted by atomic mass is 16.5. The molecule has 1 aromatic carbocycles. The minimum atomic E-state index is 0.561. The van der Waals surface area contributed by atoms with Crippen LogP contribution in [0.25, 0.3) is 5.69 Å². The molecule has 4 heteroatoms. The molecule has 0 unspecified atom stereocenters. The van der Waals surface area contributed by atoms with Crippen LogP contribution in [-0.4, -0.2) is 16.9 Å². The monoisotopic (exact) mass is 245 g/mol. The van der Waals surface area contributed by atoms with Gasteiger partial charge in [0.25, 0.3) is 0 Å². The molecule has 1 heterocycles. The number of methoxy groups -OCH3 is 1. The van der Waals surface area contributed by atoms with Crippen molar-refractivity contribution in [1.82, 2.24) is 9.78 Å². The lowest BCUT2D eigenvalue weighted by Gasteiger charge is -2.09. The zero-order chi connectivity index (χ0) is 13.1. The number of para-hydroxylation sites is 2. The molecule has 1 aromatic heterocycles. The van der Waals surface area contributed by atoms with Crippen LogP contribution >= 0.6 is 0 Å². The van der Waals surface area contributed by atoms with Gasteiger partial charge >= 0.3 is 0 Å². The van der Waals surface area contributed by atoms with E-state index in [-0.39, 0.29) is 0 Å². The predicted octanol–water partition coefficient (Wildman–Crippen LogP) is 2.66. The average molecular weight is 245 g/mol. The van der Waals surface area contributed by atoms with E-state index in [9.17, 15) is 0 Å². The van der Waals surface area contributed by atoms with Gasteiger partial charge in [0, 0.05) is 6.07 Å². The van der Waals surface area contributed by atoms with Crippen molar-refractivity contribution in [2.24, 2.45) is 5.92 Å². The Morgan fingerprint density at radius 1 is 1.33 bits per heavy atom. The van der Waals surface area contributed by atoms with E-state index in [4.69, 9.17) is 10.5 Å². The summed E-state index contributed by atoms with van der Waals surface area (Å²) in [4.78, 5) is 0. The SMILES string of the molecule is COc1ccccc1-n1nc(CC(C)C)cc1N. The number of benzene rings is 1. The second kappa shape index (κ2) is 5.12. The first-order valence-corrected chi connectivity index (χ1v) is 6.09. The molecule has 0 saturated heterocycles. The molecule has 2 aromatic rings. The summed E-state index contributed by atoms with van der Waals surface area (Å²) in [6, 6.07) is 9.64. The Bertz CT molecular complexity index is 532. The van der Waals surface area contributed by atoms with E-state index in [1.54, 1.807) is 11.8 Å². The van der Waals surface area contributed by atoms with Crippen LogP contribution in [0.2, 0.25) is 0 Å². The summed E-state index contributed by atoms with van der Waals surface area (Å²) in [5.41, 5.74) is 7.89. The van der Waals surface area contributed by atoms with E-state index in [0.717, 1.165) is 23.6 Å². The van der Waals surface area contributed by atoms with Crippen LogP contribution in [0.1, 0.15) is 19.5 Å². The Kier molecular flexibility index (Phi) is 3.55. The number of anilines is 1. The molecule has 2 rings (SSSR count). The fourth-order valence-corrected chi connectivity index (χ4v) is 1.96. The summed E-state index contributed by atoms with van der Waals surface area (Å²) >= 11 is 0. The van der Waals surface area contributed by atoms with Crippen molar-refractivity contribution in [1.29, 1.82) is 0 Å². The molecule has 0 radical (unpaired) electrons. The maximum atomic E-state index is 6.02. The summed E-state index contributed by atoms with van der Waals surface area (Å²) in [6.07, 6.45) is 0.923. The maximum absolute atomic E-state index is 6.02. The molecule has 0 atom stereocenters. The maximum Gasteiger partial charge on any atom is 0.144 e. The zero-order valence-corrected chi connectivity index (χ0v) is 11.1.